The van der Waals surface area contributed by atoms with Crippen molar-refractivity contribution in [3.05, 3.63) is 64.2 Å². The molecule has 32 heavy (non-hydrogen) atoms. The molecule has 0 radical (unpaired) electrons. The molecule has 5 nitrogen and oxygen atoms in total. The van der Waals surface area contributed by atoms with Crippen LogP contribution >= 0.6 is 0 Å². The minimum Gasteiger partial charge on any atom is -0.495 e. The van der Waals surface area contributed by atoms with Crippen LogP contribution in [0.1, 0.15) is 39.9 Å². The second kappa shape index (κ2) is 8.10. The minimum atomic E-state index is -2.07. The van der Waals surface area contributed by atoms with Crippen LogP contribution in [0.5, 0.6) is 5.75 Å². The van der Waals surface area contributed by atoms with Crippen molar-refractivity contribution in [1.82, 2.24) is 4.90 Å². The molecular formula is C23H20F4N2O3. The molecule has 4 rings (SSSR count). The molecule has 168 valence electrons. The molecule has 2 aromatic rings. The van der Waals surface area contributed by atoms with E-state index in [0.29, 0.717) is 0 Å². The predicted molar refractivity (Wildman–Crippen MR) is 106 cm³/mol. The highest BCUT2D eigenvalue weighted by Crippen LogP contribution is 2.44. The predicted octanol–water partition coefficient (Wildman–Crippen LogP) is 4.14. The van der Waals surface area contributed by atoms with Crippen molar-refractivity contribution in [1.29, 1.82) is 5.26 Å². The van der Waals surface area contributed by atoms with Crippen LogP contribution in [0.25, 0.3) is 0 Å². The van der Waals surface area contributed by atoms with Gasteiger partial charge in [-0.25, -0.2) is 17.6 Å². The van der Waals surface area contributed by atoms with Crippen molar-refractivity contribution in [2.75, 3.05) is 33.4 Å². The Labute approximate surface area is 182 Å². The number of nitriles is 1. The van der Waals surface area contributed by atoms with E-state index in [-0.39, 0.29) is 54.1 Å². The molecule has 0 aliphatic carbocycles. The van der Waals surface area contributed by atoms with Gasteiger partial charge in [0.25, 0.3) is 5.91 Å². The number of hydrogen-bond acceptors (Lipinski definition) is 4. The van der Waals surface area contributed by atoms with E-state index in [9.17, 15) is 18.8 Å². The normalized spacial score (nSPS) is 19.1. The fourth-order valence-electron chi connectivity index (χ4n) is 4.25. The lowest BCUT2D eigenvalue weighted by Crippen LogP contribution is -2.59. The molecular weight excluding hydrogens is 428 g/mol. The van der Waals surface area contributed by atoms with Crippen LogP contribution in [0.4, 0.5) is 17.6 Å². The molecule has 1 amide bonds. The van der Waals surface area contributed by atoms with Crippen LogP contribution in [0.2, 0.25) is 0 Å². The highest BCUT2D eigenvalue weighted by molar-refractivity contribution is 6.00. The third-order valence-electron chi connectivity index (χ3n) is 6.07. The number of rotatable bonds is 4. The molecule has 0 N–H and O–H groups in total. The van der Waals surface area contributed by atoms with Crippen LogP contribution in [0, 0.1) is 23.0 Å². The highest BCUT2D eigenvalue weighted by atomic mass is 19.2. The maximum Gasteiger partial charge on any atom is 0.258 e. The standard InChI is InChI=1S/C23H20F4N2O3/c1-31-20-14(11-28)2-4-16(22(26)6-8-32-9-7-22)19(20)21(30)29-12-23(27,13-29)15-3-5-17(24)18(25)10-15/h2-5,10H,6-9,12-13H2,1H3. The van der Waals surface area contributed by atoms with Crippen molar-refractivity contribution in [3.63, 3.8) is 0 Å². The van der Waals surface area contributed by atoms with Crippen molar-refractivity contribution >= 4 is 5.91 Å². The van der Waals surface area contributed by atoms with Crippen LogP contribution < -0.4 is 4.74 Å². The molecule has 0 atom stereocenters. The van der Waals surface area contributed by atoms with Gasteiger partial charge >= 0.3 is 0 Å². The van der Waals surface area contributed by atoms with E-state index in [0.717, 1.165) is 23.1 Å². The molecule has 0 spiro atoms. The Morgan fingerprint density at radius 1 is 1.09 bits per heavy atom. The summed E-state index contributed by atoms with van der Waals surface area (Å²) < 4.78 is 68.4. The van der Waals surface area contributed by atoms with Gasteiger partial charge in [-0.15, -0.1) is 0 Å². The summed E-state index contributed by atoms with van der Waals surface area (Å²) in [7, 11) is 1.27. The second-order valence-electron chi connectivity index (χ2n) is 8.01. The van der Waals surface area contributed by atoms with Gasteiger partial charge in [0.2, 0.25) is 0 Å². The molecule has 2 aliphatic heterocycles. The fourth-order valence-corrected chi connectivity index (χ4v) is 4.25. The van der Waals surface area contributed by atoms with E-state index in [1.807, 2.05) is 6.07 Å². The largest absolute Gasteiger partial charge is 0.495 e. The number of amides is 1. The van der Waals surface area contributed by atoms with Gasteiger partial charge in [-0.2, -0.15) is 5.26 Å². The topological polar surface area (TPSA) is 62.6 Å². The second-order valence-corrected chi connectivity index (χ2v) is 8.01. The van der Waals surface area contributed by atoms with Crippen molar-refractivity contribution in [3.8, 4) is 11.8 Å². The molecule has 9 heteroatoms. The third-order valence-corrected chi connectivity index (χ3v) is 6.07. The molecule has 0 bridgehead atoms. The number of halogens is 4. The Balaban J connectivity index is 1.69. The van der Waals surface area contributed by atoms with Crippen LogP contribution in [-0.4, -0.2) is 44.2 Å². The Hall–Kier alpha value is -3.12. The third kappa shape index (κ3) is 3.58. The molecule has 2 fully saturated rings. The van der Waals surface area contributed by atoms with Gasteiger partial charge in [0, 0.05) is 31.6 Å². The van der Waals surface area contributed by atoms with Crippen LogP contribution in [0.3, 0.4) is 0 Å². The highest BCUT2D eigenvalue weighted by Gasteiger charge is 2.49. The maximum atomic E-state index is 15.8. The number of ether oxygens (including phenoxy) is 2. The van der Waals surface area contributed by atoms with Gasteiger partial charge in [0.05, 0.1) is 31.3 Å². The number of carbonyl (C=O) groups is 1. The molecule has 0 saturated carbocycles. The fraction of sp³-hybridized carbons (Fsp3) is 0.391. The monoisotopic (exact) mass is 448 g/mol. The number of hydrogen-bond donors (Lipinski definition) is 0. The zero-order valence-electron chi connectivity index (χ0n) is 17.3. The van der Waals surface area contributed by atoms with E-state index in [2.05, 4.69) is 0 Å². The Morgan fingerprint density at radius 2 is 1.78 bits per heavy atom. The first kappa shape index (κ1) is 22.1. The first-order valence-corrected chi connectivity index (χ1v) is 10.0. The summed E-state index contributed by atoms with van der Waals surface area (Å²) in [6, 6.07) is 7.41. The number of methoxy groups -OCH3 is 1. The van der Waals surface area contributed by atoms with E-state index in [1.165, 1.54) is 19.2 Å². The van der Waals surface area contributed by atoms with Crippen molar-refractivity contribution < 1.29 is 31.8 Å². The van der Waals surface area contributed by atoms with Crippen molar-refractivity contribution in [2.24, 2.45) is 0 Å². The molecule has 2 aliphatic rings. The molecule has 2 aromatic carbocycles. The van der Waals surface area contributed by atoms with Crippen LogP contribution in [0.15, 0.2) is 30.3 Å². The van der Waals surface area contributed by atoms with Crippen LogP contribution in [-0.2, 0) is 16.1 Å². The minimum absolute atomic E-state index is 0.0181. The van der Waals surface area contributed by atoms with E-state index < -0.39 is 42.0 Å². The summed E-state index contributed by atoms with van der Waals surface area (Å²) in [5.74, 6) is -3.07. The molecule has 0 unspecified atom stereocenters. The summed E-state index contributed by atoms with van der Waals surface area (Å²) in [5.41, 5.74) is -4.07. The zero-order chi connectivity index (χ0) is 23.1. The number of benzene rings is 2. The number of alkyl halides is 2. The number of nitrogens with zero attached hydrogens (tertiary/aromatic N) is 2. The lowest BCUT2D eigenvalue weighted by Gasteiger charge is -2.45. The lowest BCUT2D eigenvalue weighted by atomic mass is 9.82. The summed E-state index contributed by atoms with van der Waals surface area (Å²) >= 11 is 0. The van der Waals surface area contributed by atoms with Gasteiger partial charge in [-0.3, -0.25) is 4.79 Å². The van der Waals surface area contributed by atoms with Gasteiger partial charge in [-0.1, -0.05) is 12.1 Å². The molecule has 2 saturated heterocycles. The zero-order valence-corrected chi connectivity index (χ0v) is 17.3. The number of carbonyl (C=O) groups excluding carboxylic acids is 1. The average molecular weight is 448 g/mol. The first-order chi connectivity index (χ1) is 15.2. The van der Waals surface area contributed by atoms with E-state index in [1.54, 1.807) is 0 Å². The van der Waals surface area contributed by atoms with E-state index in [4.69, 9.17) is 9.47 Å². The summed E-state index contributed by atoms with van der Waals surface area (Å²) in [6.45, 7) is -0.531. The molecule has 2 heterocycles. The Bertz CT molecular complexity index is 1100. The average Bonchev–Trinajstić information content (AvgIpc) is 2.77. The van der Waals surface area contributed by atoms with Gasteiger partial charge in [0.15, 0.2) is 17.3 Å². The van der Waals surface area contributed by atoms with Gasteiger partial charge < -0.3 is 14.4 Å². The van der Waals surface area contributed by atoms with Crippen molar-refractivity contribution in [2.45, 2.75) is 24.2 Å². The molecule has 0 aromatic heterocycles. The van der Waals surface area contributed by atoms with Gasteiger partial charge in [-0.05, 0) is 23.8 Å². The summed E-state index contributed by atoms with van der Waals surface area (Å²) in [5, 5.41) is 9.42. The Morgan fingerprint density at radius 3 is 2.38 bits per heavy atom. The Kier molecular flexibility index (Phi) is 5.59. The first-order valence-electron chi connectivity index (χ1n) is 10.0. The van der Waals surface area contributed by atoms with E-state index >= 15 is 8.78 Å². The summed E-state index contributed by atoms with van der Waals surface area (Å²) in [4.78, 5) is 14.5. The number of likely N-dealkylation sites (tertiary alicyclic amines) is 1. The maximum absolute atomic E-state index is 15.8. The smallest absolute Gasteiger partial charge is 0.258 e. The lowest BCUT2D eigenvalue weighted by molar-refractivity contribution is -0.0256. The summed E-state index contributed by atoms with van der Waals surface area (Å²) in [6.07, 6.45) is 0.0362. The SMILES string of the molecule is COc1c(C#N)ccc(C2(F)CCOCC2)c1C(=O)N1CC(F)(c2ccc(F)c(F)c2)C1. The quantitative estimate of drug-likeness (QED) is 0.660. The van der Waals surface area contributed by atoms with Gasteiger partial charge in [0.1, 0.15) is 17.5 Å².